The molecular weight excluding hydrogens is 300 g/mol. The molecule has 1 amide bonds. The number of carbonyl (C=O) groups excluding carboxylic acids is 1. The van der Waals surface area contributed by atoms with E-state index in [0.717, 1.165) is 25.9 Å². The van der Waals surface area contributed by atoms with Gasteiger partial charge in [-0.25, -0.2) is 0 Å². The minimum Gasteiger partial charge on any atom is -0.348 e. The summed E-state index contributed by atoms with van der Waals surface area (Å²) in [5, 5.41) is 11.0. The van der Waals surface area contributed by atoms with E-state index in [4.69, 9.17) is 0 Å². The van der Waals surface area contributed by atoms with E-state index >= 15 is 0 Å². The van der Waals surface area contributed by atoms with E-state index in [2.05, 4.69) is 22.7 Å². The molecule has 3 rings (SSSR count). The van der Waals surface area contributed by atoms with Gasteiger partial charge < -0.3 is 10.6 Å². The molecular formula is C16H27ClN4O. The molecule has 2 heterocycles. The molecule has 3 unspecified atom stereocenters. The number of aromatic nitrogens is 2. The third-order valence-electron chi connectivity index (χ3n) is 4.91. The Morgan fingerprint density at radius 2 is 2.14 bits per heavy atom. The molecule has 22 heavy (non-hydrogen) atoms. The van der Waals surface area contributed by atoms with Crippen molar-refractivity contribution in [2.24, 2.45) is 5.92 Å². The van der Waals surface area contributed by atoms with Crippen LogP contribution in [0.1, 0.15) is 62.0 Å². The molecule has 6 heteroatoms. The van der Waals surface area contributed by atoms with Gasteiger partial charge in [0.05, 0.1) is 6.04 Å². The first-order valence-electron chi connectivity index (χ1n) is 8.31. The highest BCUT2D eigenvalue weighted by atomic mass is 35.5. The summed E-state index contributed by atoms with van der Waals surface area (Å²) in [5.41, 5.74) is 0.554. The quantitative estimate of drug-likeness (QED) is 0.897. The standard InChI is InChI=1S/C16H26N4O.ClH/c1-12-5-2-3-7-14(12)18-16(21)15-8-10-20(19-15)13-6-4-9-17-11-13;/h8,10,12-14,17H,2-7,9,11H2,1H3,(H,18,21);1H. The number of rotatable bonds is 3. The fourth-order valence-corrected chi connectivity index (χ4v) is 3.49. The Labute approximate surface area is 138 Å². The molecule has 124 valence electrons. The number of amides is 1. The largest absolute Gasteiger partial charge is 0.348 e. The smallest absolute Gasteiger partial charge is 0.272 e. The van der Waals surface area contributed by atoms with E-state index in [1.807, 2.05) is 16.9 Å². The zero-order valence-corrected chi connectivity index (χ0v) is 14.1. The highest BCUT2D eigenvalue weighted by Crippen LogP contribution is 2.24. The zero-order valence-electron chi connectivity index (χ0n) is 13.3. The van der Waals surface area contributed by atoms with Crippen LogP contribution in [0.3, 0.4) is 0 Å². The first kappa shape index (κ1) is 17.3. The van der Waals surface area contributed by atoms with E-state index in [9.17, 15) is 4.79 Å². The first-order chi connectivity index (χ1) is 10.2. The van der Waals surface area contributed by atoms with Crippen LogP contribution in [0.2, 0.25) is 0 Å². The summed E-state index contributed by atoms with van der Waals surface area (Å²) >= 11 is 0. The van der Waals surface area contributed by atoms with Gasteiger partial charge in [-0.2, -0.15) is 5.10 Å². The summed E-state index contributed by atoms with van der Waals surface area (Å²) in [5.74, 6) is 0.559. The molecule has 1 saturated carbocycles. The second-order valence-electron chi connectivity index (χ2n) is 6.52. The van der Waals surface area contributed by atoms with Gasteiger partial charge in [-0.05, 0) is 44.2 Å². The number of halogens is 1. The predicted molar refractivity (Wildman–Crippen MR) is 89.5 cm³/mol. The molecule has 3 atom stereocenters. The van der Waals surface area contributed by atoms with Crippen LogP contribution < -0.4 is 10.6 Å². The van der Waals surface area contributed by atoms with E-state index in [1.54, 1.807) is 0 Å². The summed E-state index contributed by atoms with van der Waals surface area (Å²) < 4.78 is 1.95. The minimum absolute atomic E-state index is 0. The van der Waals surface area contributed by atoms with Crippen molar-refractivity contribution >= 4 is 18.3 Å². The predicted octanol–water partition coefficient (Wildman–Crippen LogP) is 2.54. The van der Waals surface area contributed by atoms with Crippen molar-refractivity contribution in [1.82, 2.24) is 20.4 Å². The van der Waals surface area contributed by atoms with E-state index in [-0.39, 0.29) is 18.3 Å². The van der Waals surface area contributed by atoms with Crippen molar-refractivity contribution in [2.75, 3.05) is 13.1 Å². The molecule has 0 spiro atoms. The lowest BCUT2D eigenvalue weighted by Crippen LogP contribution is -2.41. The molecule has 0 bridgehead atoms. The topological polar surface area (TPSA) is 59.0 Å². The van der Waals surface area contributed by atoms with Crippen LogP contribution >= 0.6 is 12.4 Å². The lowest BCUT2D eigenvalue weighted by atomic mass is 9.86. The Hall–Kier alpha value is -1.07. The van der Waals surface area contributed by atoms with Gasteiger partial charge in [0, 0.05) is 18.8 Å². The van der Waals surface area contributed by atoms with Gasteiger partial charge in [0.25, 0.3) is 5.91 Å². The molecule has 0 aromatic carbocycles. The molecule has 1 aromatic rings. The maximum Gasteiger partial charge on any atom is 0.272 e. The van der Waals surface area contributed by atoms with Crippen molar-refractivity contribution in [1.29, 1.82) is 0 Å². The maximum absolute atomic E-state index is 12.4. The Morgan fingerprint density at radius 1 is 1.32 bits per heavy atom. The fourth-order valence-electron chi connectivity index (χ4n) is 3.49. The Kier molecular flexibility index (Phi) is 6.26. The van der Waals surface area contributed by atoms with Gasteiger partial charge in [-0.1, -0.05) is 19.8 Å². The Bertz CT molecular complexity index is 484. The summed E-state index contributed by atoms with van der Waals surface area (Å²) in [4.78, 5) is 12.4. The van der Waals surface area contributed by atoms with E-state index in [0.29, 0.717) is 23.7 Å². The van der Waals surface area contributed by atoms with E-state index in [1.165, 1.54) is 25.7 Å². The van der Waals surface area contributed by atoms with Crippen LogP contribution in [0.15, 0.2) is 12.3 Å². The molecule has 2 aliphatic rings. The molecule has 1 saturated heterocycles. The van der Waals surface area contributed by atoms with Gasteiger partial charge in [0.1, 0.15) is 5.69 Å². The number of hydrogen-bond acceptors (Lipinski definition) is 3. The second kappa shape index (κ2) is 7.97. The highest BCUT2D eigenvalue weighted by Gasteiger charge is 2.24. The summed E-state index contributed by atoms with van der Waals surface area (Å²) in [6.45, 7) is 4.27. The normalized spacial score (nSPS) is 28.7. The monoisotopic (exact) mass is 326 g/mol. The third kappa shape index (κ3) is 4.02. The second-order valence-corrected chi connectivity index (χ2v) is 6.52. The molecule has 2 fully saturated rings. The van der Waals surface area contributed by atoms with Gasteiger partial charge in [-0.15, -0.1) is 12.4 Å². The number of hydrogen-bond donors (Lipinski definition) is 2. The molecule has 1 aliphatic carbocycles. The number of nitrogens with zero attached hydrogens (tertiary/aromatic N) is 2. The van der Waals surface area contributed by atoms with Crippen LogP contribution in [-0.4, -0.2) is 34.8 Å². The number of carbonyl (C=O) groups is 1. The van der Waals surface area contributed by atoms with Crippen molar-refractivity contribution in [3.05, 3.63) is 18.0 Å². The van der Waals surface area contributed by atoms with Gasteiger partial charge >= 0.3 is 0 Å². The van der Waals surface area contributed by atoms with Gasteiger partial charge in [0.2, 0.25) is 0 Å². The van der Waals surface area contributed by atoms with Crippen LogP contribution in [0.25, 0.3) is 0 Å². The summed E-state index contributed by atoms with van der Waals surface area (Å²) in [6, 6.07) is 2.54. The molecule has 1 aromatic heterocycles. The molecule has 1 aliphatic heterocycles. The van der Waals surface area contributed by atoms with Gasteiger partial charge in [-0.3, -0.25) is 9.48 Å². The zero-order chi connectivity index (χ0) is 14.7. The van der Waals surface area contributed by atoms with Crippen LogP contribution in [-0.2, 0) is 0 Å². The Balaban J connectivity index is 0.00000176. The average Bonchev–Trinajstić information content (AvgIpc) is 3.00. The van der Waals surface area contributed by atoms with Crippen molar-refractivity contribution in [2.45, 2.75) is 57.5 Å². The van der Waals surface area contributed by atoms with Gasteiger partial charge in [0.15, 0.2) is 0 Å². The van der Waals surface area contributed by atoms with Crippen LogP contribution in [0.4, 0.5) is 0 Å². The summed E-state index contributed by atoms with van der Waals surface area (Å²) in [7, 11) is 0. The lowest BCUT2D eigenvalue weighted by Gasteiger charge is -2.29. The lowest BCUT2D eigenvalue weighted by molar-refractivity contribution is 0.0904. The molecule has 2 N–H and O–H groups in total. The van der Waals surface area contributed by atoms with Crippen LogP contribution in [0.5, 0.6) is 0 Å². The summed E-state index contributed by atoms with van der Waals surface area (Å²) in [6.07, 6.45) is 9.07. The van der Waals surface area contributed by atoms with E-state index < -0.39 is 0 Å². The Morgan fingerprint density at radius 3 is 2.86 bits per heavy atom. The number of nitrogens with one attached hydrogen (secondary N) is 2. The number of piperidine rings is 1. The minimum atomic E-state index is -0.0173. The van der Waals surface area contributed by atoms with Crippen molar-refractivity contribution in [3.8, 4) is 0 Å². The molecule has 5 nitrogen and oxygen atoms in total. The molecule has 0 radical (unpaired) electrons. The third-order valence-corrected chi connectivity index (χ3v) is 4.91. The SMILES string of the molecule is CC1CCCCC1NC(=O)c1ccn(C2CCCNC2)n1.Cl. The maximum atomic E-state index is 12.4. The van der Waals surface area contributed by atoms with Crippen molar-refractivity contribution in [3.63, 3.8) is 0 Å². The highest BCUT2D eigenvalue weighted by molar-refractivity contribution is 5.92. The average molecular weight is 327 g/mol. The van der Waals surface area contributed by atoms with Crippen molar-refractivity contribution < 1.29 is 4.79 Å². The first-order valence-corrected chi connectivity index (χ1v) is 8.31. The van der Waals surface area contributed by atoms with Crippen LogP contribution in [0, 0.1) is 5.92 Å². The fraction of sp³-hybridized carbons (Fsp3) is 0.750.